The van der Waals surface area contributed by atoms with E-state index in [0.29, 0.717) is 5.75 Å². The van der Waals surface area contributed by atoms with E-state index in [4.69, 9.17) is 11.5 Å². The molecule has 0 saturated heterocycles. The van der Waals surface area contributed by atoms with Gasteiger partial charge in [0.15, 0.2) is 0 Å². The van der Waals surface area contributed by atoms with Crippen molar-refractivity contribution in [2.45, 2.75) is 56.3 Å². The highest BCUT2D eigenvalue weighted by atomic mass is 32.2. The summed E-state index contributed by atoms with van der Waals surface area (Å²) in [6.45, 7) is 0. The molecule has 0 bridgehead atoms. The monoisotopic (exact) mass is 539 g/mol. The fourth-order valence-electron chi connectivity index (χ4n) is 3.22. The van der Waals surface area contributed by atoms with E-state index in [1.807, 2.05) is 0 Å². The molecule has 4 atom stereocenters. The zero-order valence-corrected chi connectivity index (χ0v) is 21.2. The van der Waals surface area contributed by atoms with E-state index in [1.165, 1.54) is 11.8 Å². The maximum Gasteiger partial charge on any atom is 0.326 e. The maximum atomic E-state index is 12.9. The largest absolute Gasteiger partial charge is 0.481 e. The van der Waals surface area contributed by atoms with Gasteiger partial charge >= 0.3 is 11.9 Å². The Balaban J connectivity index is 2.98. The first kappa shape index (κ1) is 31.4. The standard InChI is InChI=1S/C23H33N5O8S/c1-37-10-9-16(23(35)36)27-21(33)15(7-8-18(25)29)26-22(34)17(12-19(30)31)28-20(32)14(24)11-13-5-3-2-4-6-13/h2-6,14-17H,7-12,24H2,1H3,(H2,25,29)(H,26,34)(H,27,33)(H,28,32)(H,30,31)(H,35,36). The lowest BCUT2D eigenvalue weighted by molar-refractivity contribution is -0.143. The topological polar surface area (TPSA) is 231 Å². The number of nitrogens with one attached hydrogen (secondary N) is 3. The fourth-order valence-corrected chi connectivity index (χ4v) is 3.69. The number of amides is 4. The number of hydrogen-bond acceptors (Lipinski definition) is 8. The van der Waals surface area contributed by atoms with E-state index < -0.39 is 66.2 Å². The van der Waals surface area contributed by atoms with Gasteiger partial charge in [-0.25, -0.2) is 4.79 Å². The van der Waals surface area contributed by atoms with Crippen molar-refractivity contribution in [2.24, 2.45) is 11.5 Å². The summed E-state index contributed by atoms with van der Waals surface area (Å²) >= 11 is 1.37. The van der Waals surface area contributed by atoms with Gasteiger partial charge < -0.3 is 37.6 Å². The number of aliphatic carboxylic acids is 2. The van der Waals surface area contributed by atoms with Crippen LogP contribution in [0.1, 0.15) is 31.2 Å². The van der Waals surface area contributed by atoms with Crippen molar-refractivity contribution in [1.29, 1.82) is 0 Å². The van der Waals surface area contributed by atoms with E-state index in [9.17, 15) is 39.0 Å². The summed E-state index contributed by atoms with van der Waals surface area (Å²) < 4.78 is 0. The van der Waals surface area contributed by atoms with Crippen molar-refractivity contribution < 1.29 is 39.0 Å². The van der Waals surface area contributed by atoms with Crippen molar-refractivity contribution >= 4 is 47.3 Å². The highest BCUT2D eigenvalue weighted by Crippen LogP contribution is 2.06. The molecule has 0 aromatic heterocycles. The third-order valence-corrected chi connectivity index (χ3v) is 5.83. The highest BCUT2D eigenvalue weighted by Gasteiger charge is 2.31. The molecule has 0 aliphatic rings. The number of nitrogens with two attached hydrogens (primary N) is 2. The normalized spacial score (nSPS) is 13.9. The average Bonchev–Trinajstić information content (AvgIpc) is 2.83. The SMILES string of the molecule is CSCCC(NC(=O)C(CCC(N)=O)NC(=O)C(CC(=O)O)NC(=O)C(N)Cc1ccccc1)C(=O)O. The van der Waals surface area contributed by atoms with Crippen LogP contribution in [0, 0.1) is 0 Å². The Labute approximate surface area is 218 Å². The molecular formula is C23H33N5O8S. The van der Waals surface area contributed by atoms with Gasteiger partial charge in [-0.3, -0.25) is 24.0 Å². The number of carbonyl (C=O) groups excluding carboxylic acids is 4. The van der Waals surface area contributed by atoms with Crippen LogP contribution in [0.2, 0.25) is 0 Å². The van der Waals surface area contributed by atoms with Gasteiger partial charge in [0.1, 0.15) is 18.1 Å². The maximum absolute atomic E-state index is 12.9. The summed E-state index contributed by atoms with van der Waals surface area (Å²) in [5, 5.41) is 25.5. The molecule has 1 rings (SSSR count). The second-order valence-electron chi connectivity index (χ2n) is 8.20. The Morgan fingerprint density at radius 3 is 1.97 bits per heavy atom. The number of benzene rings is 1. The molecule has 0 radical (unpaired) electrons. The second kappa shape index (κ2) is 16.2. The molecule has 37 heavy (non-hydrogen) atoms. The number of primary amides is 1. The number of hydrogen-bond donors (Lipinski definition) is 7. The molecular weight excluding hydrogens is 506 g/mol. The molecule has 13 nitrogen and oxygen atoms in total. The quantitative estimate of drug-likeness (QED) is 0.122. The number of carboxylic acid groups (broad SMARTS) is 2. The van der Waals surface area contributed by atoms with Crippen LogP contribution in [0.4, 0.5) is 0 Å². The van der Waals surface area contributed by atoms with E-state index >= 15 is 0 Å². The lowest BCUT2D eigenvalue weighted by atomic mass is 10.0. The number of carbonyl (C=O) groups is 6. The van der Waals surface area contributed by atoms with Gasteiger partial charge in [-0.1, -0.05) is 30.3 Å². The Bertz CT molecular complexity index is 962. The number of thioether (sulfide) groups is 1. The molecule has 1 aromatic rings. The van der Waals surface area contributed by atoms with Crippen molar-refractivity contribution in [3.8, 4) is 0 Å². The molecule has 9 N–H and O–H groups in total. The molecule has 4 amide bonds. The molecule has 1 aromatic carbocycles. The summed E-state index contributed by atoms with van der Waals surface area (Å²) in [5.41, 5.74) is 11.8. The lowest BCUT2D eigenvalue weighted by Gasteiger charge is -2.24. The molecule has 4 unspecified atom stereocenters. The van der Waals surface area contributed by atoms with Gasteiger partial charge in [-0.2, -0.15) is 11.8 Å². The molecule has 0 spiro atoms. The van der Waals surface area contributed by atoms with Crippen LogP contribution in [-0.2, 0) is 35.2 Å². The summed E-state index contributed by atoms with van der Waals surface area (Å²) in [5.74, 6) is -5.74. The highest BCUT2D eigenvalue weighted by molar-refractivity contribution is 7.98. The zero-order chi connectivity index (χ0) is 28.0. The smallest absolute Gasteiger partial charge is 0.326 e. The van der Waals surface area contributed by atoms with Gasteiger partial charge in [0.2, 0.25) is 23.6 Å². The van der Waals surface area contributed by atoms with Crippen molar-refractivity contribution in [1.82, 2.24) is 16.0 Å². The summed E-state index contributed by atoms with van der Waals surface area (Å²) in [6, 6.07) is 3.45. The Morgan fingerprint density at radius 2 is 1.43 bits per heavy atom. The van der Waals surface area contributed by atoms with Gasteiger partial charge in [-0.05, 0) is 36.8 Å². The average molecular weight is 540 g/mol. The van der Waals surface area contributed by atoms with Crippen LogP contribution < -0.4 is 27.4 Å². The molecule has 0 fully saturated rings. The van der Waals surface area contributed by atoms with Crippen molar-refractivity contribution in [3.05, 3.63) is 35.9 Å². The van der Waals surface area contributed by atoms with Crippen LogP contribution >= 0.6 is 11.8 Å². The van der Waals surface area contributed by atoms with E-state index in [0.717, 1.165) is 5.56 Å². The molecule has 0 heterocycles. The number of rotatable bonds is 17. The lowest BCUT2D eigenvalue weighted by Crippen LogP contribution is -2.57. The summed E-state index contributed by atoms with van der Waals surface area (Å²) in [6.07, 6.45) is 0.590. The van der Waals surface area contributed by atoms with E-state index in [2.05, 4.69) is 16.0 Å². The van der Waals surface area contributed by atoms with Crippen LogP contribution in [0.3, 0.4) is 0 Å². The van der Waals surface area contributed by atoms with Crippen LogP contribution in [0.15, 0.2) is 30.3 Å². The zero-order valence-electron chi connectivity index (χ0n) is 20.3. The van der Waals surface area contributed by atoms with Gasteiger partial charge in [-0.15, -0.1) is 0 Å². The first-order chi connectivity index (χ1) is 17.4. The van der Waals surface area contributed by atoms with Crippen LogP contribution in [-0.4, -0.2) is 82.0 Å². The Morgan fingerprint density at radius 1 is 0.865 bits per heavy atom. The molecule has 0 saturated carbocycles. The van der Waals surface area contributed by atoms with Gasteiger partial charge in [0.25, 0.3) is 0 Å². The van der Waals surface area contributed by atoms with E-state index in [1.54, 1.807) is 36.6 Å². The van der Waals surface area contributed by atoms with Gasteiger partial charge in [0, 0.05) is 6.42 Å². The fraction of sp³-hybridized carbons (Fsp3) is 0.478. The van der Waals surface area contributed by atoms with Crippen molar-refractivity contribution in [2.75, 3.05) is 12.0 Å². The Kier molecular flexibility index (Phi) is 13.7. The predicted octanol–water partition coefficient (Wildman–Crippen LogP) is -1.41. The van der Waals surface area contributed by atoms with Crippen LogP contribution in [0.25, 0.3) is 0 Å². The number of carboxylic acids is 2. The molecule has 14 heteroatoms. The first-order valence-electron chi connectivity index (χ1n) is 11.4. The second-order valence-corrected chi connectivity index (χ2v) is 9.19. The van der Waals surface area contributed by atoms with Gasteiger partial charge in [0.05, 0.1) is 12.5 Å². The minimum Gasteiger partial charge on any atom is -0.481 e. The third kappa shape index (κ3) is 12.2. The minimum absolute atomic E-state index is 0.107. The van der Waals surface area contributed by atoms with Crippen LogP contribution in [0.5, 0.6) is 0 Å². The van der Waals surface area contributed by atoms with E-state index in [-0.39, 0.29) is 25.7 Å². The predicted molar refractivity (Wildman–Crippen MR) is 135 cm³/mol. The van der Waals surface area contributed by atoms with Crippen molar-refractivity contribution in [3.63, 3.8) is 0 Å². The molecule has 0 aliphatic heterocycles. The summed E-state index contributed by atoms with van der Waals surface area (Å²) in [7, 11) is 0. The summed E-state index contributed by atoms with van der Waals surface area (Å²) in [4.78, 5) is 72.4. The molecule has 0 aliphatic carbocycles. The third-order valence-electron chi connectivity index (χ3n) is 5.18. The molecule has 204 valence electrons. The minimum atomic E-state index is -1.59. The Hall–Kier alpha value is -3.65. The first-order valence-corrected chi connectivity index (χ1v) is 12.8.